The van der Waals surface area contributed by atoms with Crippen molar-refractivity contribution in [1.29, 1.82) is 0 Å². The highest BCUT2D eigenvalue weighted by molar-refractivity contribution is 7.16. The molecule has 2 N–H and O–H groups in total. The molecule has 0 unspecified atom stereocenters. The van der Waals surface area contributed by atoms with E-state index in [2.05, 4.69) is 5.32 Å². The van der Waals surface area contributed by atoms with Gasteiger partial charge in [-0.1, -0.05) is 18.2 Å². The van der Waals surface area contributed by atoms with Gasteiger partial charge in [-0.3, -0.25) is 4.79 Å². The number of anilines is 2. The summed E-state index contributed by atoms with van der Waals surface area (Å²) >= 11 is 1.30. The van der Waals surface area contributed by atoms with Crippen LogP contribution in [0.3, 0.4) is 0 Å². The second-order valence-electron chi connectivity index (χ2n) is 5.19. The molecular weight excluding hydrogens is 312 g/mol. The maximum absolute atomic E-state index is 12.3. The Hall–Kier alpha value is -2.34. The fraction of sp³-hybridized carbons (Fsp3) is 0.294. The molecule has 5 nitrogen and oxygen atoms in total. The number of benzene rings is 1. The zero-order valence-corrected chi connectivity index (χ0v) is 14.2. The summed E-state index contributed by atoms with van der Waals surface area (Å²) in [6, 6.07) is 9.65. The van der Waals surface area contributed by atoms with Crippen LogP contribution in [0.5, 0.6) is 0 Å². The Labute approximate surface area is 139 Å². The lowest BCUT2D eigenvalue weighted by Gasteiger charge is -2.22. The van der Waals surface area contributed by atoms with Gasteiger partial charge in [0.2, 0.25) is 5.91 Å². The fourth-order valence-electron chi connectivity index (χ4n) is 2.34. The second-order valence-corrected chi connectivity index (χ2v) is 6.42. The molecule has 1 amide bonds. The number of carbonyl (C=O) groups is 2. The molecule has 0 aliphatic rings. The highest BCUT2D eigenvalue weighted by Crippen LogP contribution is 2.32. The van der Waals surface area contributed by atoms with E-state index in [1.807, 2.05) is 49.1 Å². The quantitative estimate of drug-likeness (QED) is 0.849. The van der Waals surface area contributed by atoms with Crippen molar-refractivity contribution < 1.29 is 14.7 Å². The van der Waals surface area contributed by atoms with Gasteiger partial charge in [0.1, 0.15) is 5.00 Å². The summed E-state index contributed by atoms with van der Waals surface area (Å²) in [5.41, 5.74) is 1.85. The summed E-state index contributed by atoms with van der Waals surface area (Å²) in [7, 11) is 0. The van der Waals surface area contributed by atoms with Gasteiger partial charge in [-0.2, -0.15) is 0 Å². The molecule has 23 heavy (non-hydrogen) atoms. The molecule has 0 atom stereocenters. The largest absolute Gasteiger partial charge is 0.478 e. The molecule has 1 heterocycles. The number of rotatable bonds is 6. The Morgan fingerprint density at radius 1 is 1.22 bits per heavy atom. The number of hydrogen-bond acceptors (Lipinski definition) is 4. The van der Waals surface area contributed by atoms with Crippen molar-refractivity contribution in [2.24, 2.45) is 0 Å². The first-order valence-corrected chi connectivity index (χ1v) is 8.18. The van der Waals surface area contributed by atoms with E-state index in [9.17, 15) is 14.7 Å². The zero-order valence-electron chi connectivity index (χ0n) is 13.4. The maximum atomic E-state index is 12.3. The Morgan fingerprint density at radius 2 is 1.87 bits per heavy atom. The third-order valence-corrected chi connectivity index (χ3v) is 4.81. The molecule has 0 fully saturated rings. The van der Waals surface area contributed by atoms with Crippen LogP contribution in [0.25, 0.3) is 0 Å². The average molecular weight is 332 g/mol. The Morgan fingerprint density at radius 3 is 2.43 bits per heavy atom. The van der Waals surface area contributed by atoms with Crippen molar-refractivity contribution in [2.75, 3.05) is 23.3 Å². The van der Waals surface area contributed by atoms with Gasteiger partial charge in [-0.15, -0.1) is 11.3 Å². The van der Waals surface area contributed by atoms with E-state index in [0.717, 1.165) is 10.6 Å². The number of aryl methyl sites for hydroxylation is 1. The van der Waals surface area contributed by atoms with Gasteiger partial charge >= 0.3 is 5.97 Å². The molecule has 0 radical (unpaired) electrons. The number of carbonyl (C=O) groups excluding carboxylic acids is 1. The van der Waals surface area contributed by atoms with Gasteiger partial charge in [0, 0.05) is 17.1 Å². The van der Waals surface area contributed by atoms with E-state index in [-0.39, 0.29) is 18.0 Å². The Bertz CT molecular complexity index is 710. The van der Waals surface area contributed by atoms with E-state index in [0.29, 0.717) is 17.1 Å². The molecule has 0 saturated carbocycles. The standard InChI is InChI=1S/C17H20N2O3S/c1-4-19(13-8-6-5-7-9-13)10-14(20)18-16-15(17(21)22)11(2)12(3)23-16/h5-9H,4,10H2,1-3H3,(H,18,20)(H,21,22). The number of para-hydroxylation sites is 1. The van der Waals surface area contributed by atoms with Gasteiger partial charge in [0.15, 0.2) is 0 Å². The van der Waals surface area contributed by atoms with Crippen LogP contribution in [-0.2, 0) is 4.79 Å². The van der Waals surface area contributed by atoms with Crippen molar-refractivity contribution in [3.63, 3.8) is 0 Å². The van der Waals surface area contributed by atoms with E-state index in [4.69, 9.17) is 0 Å². The third-order valence-electron chi connectivity index (χ3n) is 3.69. The first-order chi connectivity index (χ1) is 10.9. The molecule has 0 aliphatic carbocycles. The Kier molecular flexibility index (Phi) is 5.39. The summed E-state index contributed by atoms with van der Waals surface area (Å²) in [6.07, 6.45) is 0. The SMILES string of the molecule is CCN(CC(=O)Nc1sc(C)c(C)c1C(=O)O)c1ccccc1. The molecule has 2 aromatic rings. The van der Waals surface area contributed by atoms with E-state index in [1.54, 1.807) is 6.92 Å². The van der Waals surface area contributed by atoms with Crippen LogP contribution < -0.4 is 10.2 Å². The number of hydrogen-bond donors (Lipinski definition) is 2. The number of aromatic carboxylic acids is 1. The van der Waals surface area contributed by atoms with Crippen LogP contribution in [0, 0.1) is 13.8 Å². The van der Waals surface area contributed by atoms with E-state index in [1.165, 1.54) is 11.3 Å². The normalized spacial score (nSPS) is 10.4. The molecule has 1 aromatic heterocycles. The van der Waals surface area contributed by atoms with Crippen LogP contribution >= 0.6 is 11.3 Å². The van der Waals surface area contributed by atoms with Crippen LogP contribution in [0.2, 0.25) is 0 Å². The predicted octanol–water partition coefficient (Wildman–Crippen LogP) is 3.53. The van der Waals surface area contributed by atoms with Crippen molar-refractivity contribution in [3.05, 3.63) is 46.3 Å². The summed E-state index contributed by atoms with van der Waals surface area (Å²) in [6.45, 7) is 6.45. The van der Waals surface area contributed by atoms with Crippen molar-refractivity contribution in [2.45, 2.75) is 20.8 Å². The monoisotopic (exact) mass is 332 g/mol. The lowest BCUT2D eigenvalue weighted by molar-refractivity contribution is -0.114. The minimum absolute atomic E-state index is 0.176. The van der Waals surface area contributed by atoms with Crippen LogP contribution in [-0.4, -0.2) is 30.1 Å². The molecule has 0 bridgehead atoms. The lowest BCUT2D eigenvalue weighted by Crippen LogP contribution is -2.33. The first-order valence-electron chi connectivity index (χ1n) is 7.37. The molecule has 0 spiro atoms. The van der Waals surface area contributed by atoms with Crippen LogP contribution in [0.1, 0.15) is 27.7 Å². The topological polar surface area (TPSA) is 69.6 Å². The summed E-state index contributed by atoms with van der Waals surface area (Å²) in [5, 5.41) is 12.5. The van der Waals surface area contributed by atoms with Crippen molar-refractivity contribution >= 4 is 33.9 Å². The number of amides is 1. The van der Waals surface area contributed by atoms with Gasteiger partial charge < -0.3 is 15.3 Å². The predicted molar refractivity (Wildman–Crippen MR) is 93.7 cm³/mol. The smallest absolute Gasteiger partial charge is 0.338 e. The lowest BCUT2D eigenvalue weighted by atomic mass is 10.1. The summed E-state index contributed by atoms with van der Waals surface area (Å²) in [4.78, 5) is 26.5. The second kappa shape index (κ2) is 7.28. The molecule has 122 valence electrons. The summed E-state index contributed by atoms with van der Waals surface area (Å²) < 4.78 is 0. The van der Waals surface area contributed by atoms with Crippen molar-refractivity contribution in [3.8, 4) is 0 Å². The van der Waals surface area contributed by atoms with Gasteiger partial charge in [0.05, 0.1) is 12.1 Å². The highest BCUT2D eigenvalue weighted by atomic mass is 32.1. The zero-order chi connectivity index (χ0) is 17.0. The number of likely N-dealkylation sites (N-methyl/N-ethyl adjacent to an activating group) is 1. The summed E-state index contributed by atoms with van der Waals surface area (Å²) in [5.74, 6) is -1.24. The molecule has 1 aromatic carbocycles. The fourth-order valence-corrected chi connectivity index (χ4v) is 3.41. The number of nitrogens with one attached hydrogen (secondary N) is 1. The van der Waals surface area contributed by atoms with Crippen molar-refractivity contribution in [1.82, 2.24) is 0 Å². The molecule has 6 heteroatoms. The molecule has 2 rings (SSSR count). The third kappa shape index (κ3) is 3.90. The minimum atomic E-state index is -1.02. The number of carboxylic acid groups (broad SMARTS) is 1. The van der Waals surface area contributed by atoms with Gasteiger partial charge in [0.25, 0.3) is 0 Å². The van der Waals surface area contributed by atoms with Gasteiger partial charge in [-0.05, 0) is 38.5 Å². The van der Waals surface area contributed by atoms with E-state index >= 15 is 0 Å². The highest BCUT2D eigenvalue weighted by Gasteiger charge is 2.21. The van der Waals surface area contributed by atoms with Gasteiger partial charge in [-0.25, -0.2) is 4.79 Å². The average Bonchev–Trinajstić information content (AvgIpc) is 2.80. The number of thiophene rings is 1. The first kappa shape index (κ1) is 17.0. The molecule has 0 aliphatic heterocycles. The maximum Gasteiger partial charge on any atom is 0.338 e. The minimum Gasteiger partial charge on any atom is -0.478 e. The van der Waals surface area contributed by atoms with E-state index < -0.39 is 5.97 Å². The molecular formula is C17H20N2O3S. The Balaban J connectivity index is 2.14. The van der Waals surface area contributed by atoms with Crippen LogP contribution in [0.15, 0.2) is 30.3 Å². The van der Waals surface area contributed by atoms with Crippen LogP contribution in [0.4, 0.5) is 10.7 Å². The molecule has 0 saturated heterocycles. The number of carboxylic acids is 1. The number of nitrogens with zero attached hydrogens (tertiary/aromatic N) is 1.